The lowest BCUT2D eigenvalue weighted by molar-refractivity contribution is -0.107. The first-order chi connectivity index (χ1) is 9.04. The van der Waals surface area contributed by atoms with Crippen LogP contribution in [0.2, 0.25) is 0 Å². The van der Waals surface area contributed by atoms with Crippen molar-refractivity contribution in [3.63, 3.8) is 0 Å². The summed E-state index contributed by atoms with van der Waals surface area (Å²) in [6, 6.07) is 0. The zero-order chi connectivity index (χ0) is 17.5. The molecule has 0 fully saturated rings. The van der Waals surface area contributed by atoms with Crippen LogP contribution >= 0.6 is 0 Å². The lowest BCUT2D eigenvalue weighted by Crippen LogP contribution is -2.41. The fraction of sp³-hybridized carbons (Fsp3) is 1.00. The molecule has 0 radical (unpaired) electrons. The maximum atomic E-state index is 11.6. The average molecular weight is 370 g/mol. The number of alkyl halides is 6. The van der Waals surface area contributed by atoms with Gasteiger partial charge in [0, 0.05) is 6.54 Å². The first-order valence-corrected chi connectivity index (χ1v) is 8.02. The van der Waals surface area contributed by atoms with E-state index in [1.54, 1.807) is 0 Å². The van der Waals surface area contributed by atoms with Gasteiger partial charge in [-0.2, -0.15) is 26.3 Å². The molecule has 0 atom stereocenters. The van der Waals surface area contributed by atoms with E-state index >= 15 is 0 Å². The van der Waals surface area contributed by atoms with Crippen molar-refractivity contribution in [2.24, 2.45) is 5.73 Å². The standard InChI is InChI=1S/C4H5F6NO4S2.C2H7NO/c5-3(6,7)1-16(12,13)11-17(14,15)2-4(8,9)10;3-1-2-4/h11H,1-2H2;4H,1-3H2. The molecule has 0 amide bonds. The minimum absolute atomic E-state index is 0.0972. The molecule has 0 aromatic rings. The third-order valence-corrected chi connectivity index (χ3v) is 4.54. The van der Waals surface area contributed by atoms with E-state index in [9.17, 15) is 43.2 Å². The minimum Gasteiger partial charge on any atom is -0.395 e. The van der Waals surface area contributed by atoms with Crippen molar-refractivity contribution in [3.05, 3.63) is 0 Å². The molecule has 0 aliphatic carbocycles. The number of hydrogen-bond acceptors (Lipinski definition) is 6. The van der Waals surface area contributed by atoms with Crippen LogP contribution in [0.3, 0.4) is 0 Å². The molecule has 21 heavy (non-hydrogen) atoms. The van der Waals surface area contributed by atoms with Crippen molar-refractivity contribution in [2.45, 2.75) is 12.4 Å². The highest BCUT2D eigenvalue weighted by atomic mass is 32.3. The van der Waals surface area contributed by atoms with Gasteiger partial charge >= 0.3 is 12.4 Å². The highest BCUT2D eigenvalue weighted by Gasteiger charge is 2.41. The second-order valence-corrected chi connectivity index (χ2v) is 7.05. The number of aliphatic hydroxyl groups is 1. The predicted octanol–water partition coefficient (Wildman–Crippen LogP) is -0.702. The van der Waals surface area contributed by atoms with Crippen molar-refractivity contribution >= 4 is 20.0 Å². The van der Waals surface area contributed by atoms with Gasteiger partial charge in [-0.05, 0) is 0 Å². The van der Waals surface area contributed by atoms with Crippen LogP contribution in [0.15, 0.2) is 0 Å². The Labute approximate surface area is 116 Å². The van der Waals surface area contributed by atoms with E-state index in [0.717, 1.165) is 0 Å². The van der Waals surface area contributed by atoms with Gasteiger partial charge in [0.05, 0.1) is 6.61 Å². The quantitative estimate of drug-likeness (QED) is 0.549. The Morgan fingerprint density at radius 2 is 1.10 bits per heavy atom. The molecule has 130 valence electrons. The maximum Gasteiger partial charge on any atom is 0.404 e. The highest BCUT2D eigenvalue weighted by Crippen LogP contribution is 2.19. The number of nitrogens with one attached hydrogen (secondary N) is 1. The molecule has 0 heterocycles. The molecular formula is C6H12F6N2O5S2. The van der Waals surface area contributed by atoms with Gasteiger partial charge in [0.1, 0.15) is 0 Å². The monoisotopic (exact) mass is 370 g/mol. The van der Waals surface area contributed by atoms with Gasteiger partial charge in [0.15, 0.2) is 11.5 Å². The molecule has 0 saturated carbocycles. The lowest BCUT2D eigenvalue weighted by Gasteiger charge is -2.11. The lowest BCUT2D eigenvalue weighted by atomic mass is 10.8. The van der Waals surface area contributed by atoms with Gasteiger partial charge in [-0.15, -0.1) is 4.13 Å². The summed E-state index contributed by atoms with van der Waals surface area (Å²) in [6.07, 6.45) is -10.5. The number of hydrogen-bond donors (Lipinski definition) is 3. The topological polar surface area (TPSA) is 127 Å². The summed E-state index contributed by atoms with van der Waals surface area (Å²) >= 11 is 0. The third kappa shape index (κ3) is 17.3. The van der Waals surface area contributed by atoms with Crippen molar-refractivity contribution < 1.29 is 48.3 Å². The number of rotatable bonds is 5. The molecule has 0 bridgehead atoms. The second-order valence-electron chi connectivity index (χ2n) is 3.34. The van der Waals surface area contributed by atoms with Gasteiger partial charge in [-0.3, -0.25) is 0 Å². The van der Waals surface area contributed by atoms with Gasteiger partial charge in [0.25, 0.3) is 0 Å². The number of sulfonamides is 2. The van der Waals surface area contributed by atoms with Crippen molar-refractivity contribution in [3.8, 4) is 0 Å². The normalized spacial score (nSPS) is 13.5. The van der Waals surface area contributed by atoms with Gasteiger partial charge in [-0.1, -0.05) is 0 Å². The van der Waals surface area contributed by atoms with Crippen molar-refractivity contribution in [1.29, 1.82) is 0 Å². The fourth-order valence-electron chi connectivity index (χ4n) is 0.683. The van der Waals surface area contributed by atoms with Crippen molar-refractivity contribution in [1.82, 2.24) is 4.13 Å². The van der Waals surface area contributed by atoms with E-state index in [2.05, 4.69) is 0 Å². The van der Waals surface area contributed by atoms with Crippen LogP contribution in [-0.2, 0) is 20.0 Å². The Bertz CT molecular complexity index is 451. The fourth-order valence-corrected chi connectivity index (χ4v) is 3.56. The third-order valence-electron chi connectivity index (χ3n) is 1.09. The molecular weight excluding hydrogens is 358 g/mol. The van der Waals surface area contributed by atoms with Gasteiger partial charge in [-0.25, -0.2) is 16.8 Å². The van der Waals surface area contributed by atoms with Crippen molar-refractivity contribution in [2.75, 3.05) is 24.7 Å². The summed E-state index contributed by atoms with van der Waals surface area (Å²) in [7, 11) is -10.9. The van der Waals surface area contributed by atoms with E-state index < -0.39 is 43.9 Å². The molecule has 0 aromatic heterocycles. The van der Waals surface area contributed by atoms with Gasteiger partial charge in [0.2, 0.25) is 20.0 Å². The van der Waals surface area contributed by atoms with E-state index in [-0.39, 0.29) is 6.61 Å². The number of aliphatic hydroxyl groups excluding tert-OH is 1. The summed E-state index contributed by atoms with van der Waals surface area (Å²) in [5.41, 5.74) is 4.78. The summed E-state index contributed by atoms with van der Waals surface area (Å²) < 4.78 is 112. The molecule has 7 nitrogen and oxygen atoms in total. The highest BCUT2D eigenvalue weighted by molar-refractivity contribution is 8.04. The van der Waals surface area contributed by atoms with Crippen LogP contribution < -0.4 is 9.86 Å². The minimum atomic E-state index is -5.43. The molecule has 0 aromatic carbocycles. The molecule has 0 saturated heterocycles. The zero-order valence-corrected chi connectivity index (χ0v) is 11.7. The van der Waals surface area contributed by atoms with E-state index in [0.29, 0.717) is 10.7 Å². The molecule has 0 unspecified atom stereocenters. The summed E-state index contributed by atoms with van der Waals surface area (Å²) in [5, 5.41) is 7.75. The van der Waals surface area contributed by atoms with Crippen LogP contribution in [0.1, 0.15) is 0 Å². The van der Waals surface area contributed by atoms with E-state index in [1.165, 1.54) is 0 Å². The molecule has 0 spiro atoms. The van der Waals surface area contributed by atoms with Crippen LogP contribution in [0.4, 0.5) is 26.3 Å². The zero-order valence-electron chi connectivity index (χ0n) is 10.1. The number of nitrogens with two attached hydrogens (primary N) is 1. The predicted molar refractivity (Wildman–Crippen MR) is 59.0 cm³/mol. The van der Waals surface area contributed by atoms with Crippen LogP contribution in [0.25, 0.3) is 0 Å². The smallest absolute Gasteiger partial charge is 0.395 e. The molecule has 0 aliphatic heterocycles. The average Bonchev–Trinajstić information content (AvgIpc) is 2.07. The first-order valence-electron chi connectivity index (χ1n) is 4.72. The summed E-state index contributed by atoms with van der Waals surface area (Å²) in [4.78, 5) is 0. The second kappa shape index (κ2) is 8.11. The summed E-state index contributed by atoms with van der Waals surface area (Å²) in [5.74, 6) is -5.17. The molecule has 15 heteroatoms. The molecule has 0 aliphatic rings. The Morgan fingerprint density at radius 1 is 0.857 bits per heavy atom. The van der Waals surface area contributed by atoms with E-state index in [4.69, 9.17) is 10.8 Å². The molecule has 0 rings (SSSR count). The summed E-state index contributed by atoms with van der Waals surface area (Å²) in [6.45, 7) is 0.472. The Kier molecular flexibility index (Phi) is 8.75. The Balaban J connectivity index is 0. The number of halogens is 6. The Morgan fingerprint density at radius 3 is 1.24 bits per heavy atom. The largest absolute Gasteiger partial charge is 0.404 e. The van der Waals surface area contributed by atoms with Crippen LogP contribution in [-0.4, -0.2) is 59.0 Å². The van der Waals surface area contributed by atoms with Crippen LogP contribution in [0, 0.1) is 0 Å². The Hall–Kier alpha value is -0.640. The van der Waals surface area contributed by atoms with Crippen LogP contribution in [0.5, 0.6) is 0 Å². The SMILES string of the molecule is NCCO.O=S(=O)(CC(F)(F)F)NS(=O)(=O)CC(F)(F)F. The first kappa shape index (κ1) is 22.6. The maximum absolute atomic E-state index is 11.6. The molecule has 4 N–H and O–H groups in total. The van der Waals surface area contributed by atoms with Gasteiger partial charge < -0.3 is 10.8 Å². The van der Waals surface area contributed by atoms with E-state index in [1.807, 2.05) is 0 Å².